The van der Waals surface area contributed by atoms with E-state index in [4.69, 9.17) is 14.1 Å². The molecule has 182 valence electrons. The van der Waals surface area contributed by atoms with E-state index in [0.717, 1.165) is 62.2 Å². The third-order valence-corrected chi connectivity index (χ3v) is 5.29. The molecule has 9 heteroatoms. The molecule has 0 spiro atoms. The van der Waals surface area contributed by atoms with Crippen LogP contribution in [-0.4, -0.2) is 74.1 Å². The van der Waals surface area contributed by atoms with Gasteiger partial charge in [0, 0.05) is 45.2 Å². The number of hydrogen-bond acceptors (Lipinski definition) is 5. The molecule has 0 unspecified atom stereocenters. The number of carbonyl (C=O) groups excluding carboxylic acids is 1. The van der Waals surface area contributed by atoms with Crippen LogP contribution >= 0.6 is 24.0 Å². The van der Waals surface area contributed by atoms with Crippen LogP contribution in [-0.2, 0) is 17.8 Å². The van der Waals surface area contributed by atoms with E-state index in [0.29, 0.717) is 13.1 Å². The fraction of sp³-hybridized carbons (Fsp3) is 0.500. The smallest absolute Gasteiger partial charge is 0.234 e. The van der Waals surface area contributed by atoms with E-state index in [-0.39, 0.29) is 35.9 Å². The zero-order valence-electron chi connectivity index (χ0n) is 19.8. The lowest BCUT2D eigenvalue weighted by Gasteiger charge is -2.36. The lowest BCUT2D eigenvalue weighted by molar-refractivity contribution is -0.123. The number of aliphatic imine (C=N–C) groups is 1. The van der Waals surface area contributed by atoms with E-state index in [1.165, 1.54) is 0 Å². The number of methoxy groups -OCH3 is 1. The van der Waals surface area contributed by atoms with Crippen molar-refractivity contribution >= 4 is 35.8 Å². The van der Waals surface area contributed by atoms with E-state index in [2.05, 4.69) is 20.4 Å². The number of nitrogens with zero attached hydrogens (tertiary/aromatic N) is 3. The Bertz CT molecular complexity index is 847. The van der Waals surface area contributed by atoms with Gasteiger partial charge in [-0.2, -0.15) is 0 Å². The third-order valence-electron chi connectivity index (χ3n) is 5.29. The van der Waals surface area contributed by atoms with Gasteiger partial charge >= 0.3 is 0 Å². The molecule has 1 aliphatic rings. The van der Waals surface area contributed by atoms with Crippen molar-refractivity contribution in [2.24, 2.45) is 4.99 Å². The number of amides is 1. The van der Waals surface area contributed by atoms with E-state index in [1.807, 2.05) is 50.2 Å². The van der Waals surface area contributed by atoms with Crippen LogP contribution in [0.5, 0.6) is 5.75 Å². The SMILES string of the molecule is COc1ccc(CN=C(NCCc2ccco2)N2CCN(CC(=O)NC(C)C)CC2)cc1.I. The largest absolute Gasteiger partial charge is 0.497 e. The van der Waals surface area contributed by atoms with Crippen LogP contribution in [0.25, 0.3) is 0 Å². The molecule has 1 aromatic carbocycles. The lowest BCUT2D eigenvalue weighted by Crippen LogP contribution is -2.54. The van der Waals surface area contributed by atoms with Crippen LogP contribution in [0.4, 0.5) is 0 Å². The van der Waals surface area contributed by atoms with Crippen molar-refractivity contribution in [3.63, 3.8) is 0 Å². The summed E-state index contributed by atoms with van der Waals surface area (Å²) in [6, 6.07) is 12.0. The Morgan fingerprint density at radius 1 is 1.15 bits per heavy atom. The van der Waals surface area contributed by atoms with Crippen molar-refractivity contribution in [1.82, 2.24) is 20.4 Å². The Kier molecular flexibility index (Phi) is 11.5. The summed E-state index contributed by atoms with van der Waals surface area (Å²) in [7, 11) is 1.67. The Morgan fingerprint density at radius 3 is 2.48 bits per heavy atom. The molecule has 0 atom stereocenters. The highest BCUT2D eigenvalue weighted by Crippen LogP contribution is 2.12. The molecule has 1 saturated heterocycles. The molecule has 8 nitrogen and oxygen atoms in total. The fourth-order valence-electron chi connectivity index (χ4n) is 3.61. The van der Waals surface area contributed by atoms with Gasteiger partial charge in [-0.3, -0.25) is 9.69 Å². The zero-order valence-corrected chi connectivity index (χ0v) is 22.1. The summed E-state index contributed by atoms with van der Waals surface area (Å²) >= 11 is 0. The van der Waals surface area contributed by atoms with Gasteiger partial charge in [0.1, 0.15) is 11.5 Å². The van der Waals surface area contributed by atoms with Gasteiger partial charge < -0.3 is 24.7 Å². The molecule has 0 aliphatic carbocycles. The first-order valence-corrected chi connectivity index (χ1v) is 11.2. The van der Waals surface area contributed by atoms with E-state index < -0.39 is 0 Å². The van der Waals surface area contributed by atoms with Crippen molar-refractivity contribution in [3.05, 3.63) is 54.0 Å². The maximum absolute atomic E-state index is 12.1. The summed E-state index contributed by atoms with van der Waals surface area (Å²) in [4.78, 5) is 21.4. The molecule has 1 fully saturated rings. The maximum Gasteiger partial charge on any atom is 0.234 e. The van der Waals surface area contributed by atoms with Crippen molar-refractivity contribution < 1.29 is 13.9 Å². The average Bonchev–Trinajstić information content (AvgIpc) is 3.30. The quantitative estimate of drug-likeness (QED) is 0.275. The van der Waals surface area contributed by atoms with Crippen molar-refractivity contribution in [1.29, 1.82) is 0 Å². The summed E-state index contributed by atoms with van der Waals surface area (Å²) in [6.07, 6.45) is 2.49. The second kappa shape index (κ2) is 14.1. The van der Waals surface area contributed by atoms with E-state index in [9.17, 15) is 4.79 Å². The molecule has 1 aromatic heterocycles. The van der Waals surface area contributed by atoms with Gasteiger partial charge in [0.25, 0.3) is 0 Å². The third kappa shape index (κ3) is 9.24. The monoisotopic (exact) mass is 569 g/mol. The van der Waals surface area contributed by atoms with Crippen LogP contribution < -0.4 is 15.4 Å². The number of halogens is 1. The molecule has 0 bridgehead atoms. The highest BCUT2D eigenvalue weighted by molar-refractivity contribution is 14.0. The number of nitrogens with one attached hydrogen (secondary N) is 2. The minimum Gasteiger partial charge on any atom is -0.497 e. The second-order valence-corrected chi connectivity index (χ2v) is 8.23. The van der Waals surface area contributed by atoms with Crippen LogP contribution in [0.2, 0.25) is 0 Å². The molecule has 2 aromatic rings. The molecule has 1 aliphatic heterocycles. The first-order chi connectivity index (χ1) is 15.5. The first kappa shape index (κ1) is 27.0. The molecule has 0 radical (unpaired) electrons. The second-order valence-electron chi connectivity index (χ2n) is 8.23. The molecule has 33 heavy (non-hydrogen) atoms. The fourth-order valence-corrected chi connectivity index (χ4v) is 3.61. The van der Waals surface area contributed by atoms with E-state index >= 15 is 0 Å². The van der Waals surface area contributed by atoms with Gasteiger partial charge in [-0.05, 0) is 43.7 Å². The van der Waals surface area contributed by atoms with Gasteiger partial charge in [-0.15, -0.1) is 24.0 Å². The van der Waals surface area contributed by atoms with Crippen LogP contribution in [0.15, 0.2) is 52.1 Å². The Morgan fingerprint density at radius 2 is 1.88 bits per heavy atom. The number of ether oxygens (including phenoxy) is 1. The van der Waals surface area contributed by atoms with Crippen LogP contribution in [0.3, 0.4) is 0 Å². The normalized spacial score (nSPS) is 14.7. The summed E-state index contributed by atoms with van der Waals surface area (Å²) in [5, 5.41) is 6.46. The van der Waals surface area contributed by atoms with Crippen molar-refractivity contribution in [2.75, 3.05) is 46.4 Å². The summed E-state index contributed by atoms with van der Waals surface area (Å²) in [6.45, 7) is 9.03. The minimum atomic E-state index is 0. The van der Waals surface area contributed by atoms with E-state index in [1.54, 1.807) is 13.4 Å². The molecule has 0 saturated carbocycles. The number of hydrogen-bond donors (Lipinski definition) is 2. The van der Waals surface area contributed by atoms with Gasteiger partial charge in [0.2, 0.25) is 5.91 Å². The van der Waals surface area contributed by atoms with Crippen LogP contribution in [0, 0.1) is 0 Å². The van der Waals surface area contributed by atoms with Gasteiger partial charge in [-0.1, -0.05) is 12.1 Å². The minimum absolute atomic E-state index is 0. The number of rotatable bonds is 9. The average molecular weight is 569 g/mol. The maximum atomic E-state index is 12.1. The highest BCUT2D eigenvalue weighted by atomic mass is 127. The molecule has 2 heterocycles. The van der Waals surface area contributed by atoms with Gasteiger partial charge in [0.15, 0.2) is 5.96 Å². The number of furan rings is 1. The molecule has 1 amide bonds. The number of carbonyl (C=O) groups is 1. The molecular weight excluding hydrogens is 533 g/mol. The Balaban J connectivity index is 0.00000385. The first-order valence-electron chi connectivity index (χ1n) is 11.2. The summed E-state index contributed by atoms with van der Waals surface area (Å²) in [5.41, 5.74) is 1.13. The summed E-state index contributed by atoms with van der Waals surface area (Å²) in [5.74, 6) is 2.76. The van der Waals surface area contributed by atoms with Gasteiger partial charge in [0.05, 0.1) is 26.5 Å². The van der Waals surface area contributed by atoms with Crippen LogP contribution in [0.1, 0.15) is 25.2 Å². The number of piperazine rings is 1. The predicted octanol–water partition coefficient (Wildman–Crippen LogP) is 2.74. The topological polar surface area (TPSA) is 82.3 Å². The molecular formula is C24H36IN5O3. The van der Waals surface area contributed by atoms with Crippen molar-refractivity contribution in [3.8, 4) is 5.75 Å². The standard InChI is InChI=1S/C24H35N5O3.HI/c1-19(2)27-23(30)18-28-12-14-29(15-13-28)24(25-11-10-22-5-4-16-32-22)26-17-20-6-8-21(31-3)9-7-20;/h4-9,16,19H,10-15,17-18H2,1-3H3,(H,25,26)(H,27,30);1H. The highest BCUT2D eigenvalue weighted by Gasteiger charge is 2.21. The predicted molar refractivity (Wildman–Crippen MR) is 141 cm³/mol. The Hall–Kier alpha value is -2.27. The number of benzene rings is 1. The Labute approximate surface area is 213 Å². The zero-order chi connectivity index (χ0) is 22.8. The van der Waals surface area contributed by atoms with Crippen molar-refractivity contribution in [2.45, 2.75) is 32.9 Å². The number of guanidine groups is 1. The van der Waals surface area contributed by atoms with Gasteiger partial charge in [-0.25, -0.2) is 4.99 Å². The molecule has 3 rings (SSSR count). The summed E-state index contributed by atoms with van der Waals surface area (Å²) < 4.78 is 10.7. The molecule has 2 N–H and O–H groups in total. The lowest BCUT2D eigenvalue weighted by atomic mass is 10.2.